The molecule has 3 heteroatoms. The van der Waals surface area contributed by atoms with E-state index in [0.29, 0.717) is 18.0 Å². The van der Waals surface area contributed by atoms with E-state index in [4.69, 9.17) is 0 Å². The van der Waals surface area contributed by atoms with Gasteiger partial charge in [-0.25, -0.2) is 4.39 Å². The zero-order valence-corrected chi connectivity index (χ0v) is 13.3. The number of alkyl halides is 1. The smallest absolute Gasteiger partial charge is 0.143 e. The second-order valence-corrected chi connectivity index (χ2v) is 6.40. The Balaban J connectivity index is 1.92. The molecule has 1 saturated heterocycles. The van der Waals surface area contributed by atoms with Crippen LogP contribution in [0.3, 0.4) is 0 Å². The SMILES string of the molecule is C=C(/C(C)=N/N1C(=C)C(F)CC1c1ccccc1C)C1CC1. The van der Waals surface area contributed by atoms with Gasteiger partial charge in [-0.15, -0.1) is 0 Å². The molecule has 2 atom stereocenters. The van der Waals surface area contributed by atoms with Gasteiger partial charge in [-0.2, -0.15) is 5.10 Å². The van der Waals surface area contributed by atoms with Gasteiger partial charge in [0.15, 0.2) is 0 Å². The number of hydrogen-bond acceptors (Lipinski definition) is 2. The monoisotopic (exact) mass is 298 g/mol. The highest BCUT2D eigenvalue weighted by molar-refractivity contribution is 5.98. The molecule has 116 valence electrons. The van der Waals surface area contributed by atoms with Gasteiger partial charge in [0.1, 0.15) is 6.17 Å². The molecule has 1 aromatic carbocycles. The molecule has 2 fully saturated rings. The maximum Gasteiger partial charge on any atom is 0.143 e. The van der Waals surface area contributed by atoms with Crippen LogP contribution in [0.4, 0.5) is 4.39 Å². The van der Waals surface area contributed by atoms with Crippen molar-refractivity contribution < 1.29 is 4.39 Å². The van der Waals surface area contributed by atoms with Crippen LogP contribution in [0.5, 0.6) is 0 Å². The molecule has 0 radical (unpaired) electrons. The largest absolute Gasteiger partial charge is 0.259 e. The van der Waals surface area contributed by atoms with Gasteiger partial charge in [-0.1, -0.05) is 37.4 Å². The third-order valence-electron chi connectivity index (χ3n) is 4.72. The van der Waals surface area contributed by atoms with Crippen LogP contribution in [-0.2, 0) is 0 Å². The molecule has 22 heavy (non-hydrogen) atoms. The van der Waals surface area contributed by atoms with Crippen molar-refractivity contribution in [1.82, 2.24) is 5.01 Å². The third kappa shape index (κ3) is 2.72. The summed E-state index contributed by atoms with van der Waals surface area (Å²) < 4.78 is 14.2. The lowest BCUT2D eigenvalue weighted by Crippen LogP contribution is -2.19. The van der Waals surface area contributed by atoms with Crippen molar-refractivity contribution in [3.63, 3.8) is 0 Å². The normalized spacial score (nSPS) is 25.7. The first-order chi connectivity index (χ1) is 10.5. The van der Waals surface area contributed by atoms with Gasteiger partial charge in [0.25, 0.3) is 0 Å². The molecule has 1 aromatic rings. The van der Waals surface area contributed by atoms with Gasteiger partial charge in [0.2, 0.25) is 0 Å². The lowest BCUT2D eigenvalue weighted by molar-refractivity contribution is 0.313. The fourth-order valence-electron chi connectivity index (χ4n) is 3.08. The van der Waals surface area contributed by atoms with Gasteiger partial charge in [-0.3, -0.25) is 5.01 Å². The van der Waals surface area contributed by atoms with E-state index in [1.807, 2.05) is 19.1 Å². The number of hydrogen-bond donors (Lipinski definition) is 0. The summed E-state index contributed by atoms with van der Waals surface area (Å²) in [5.41, 5.74) is 4.72. The molecular formula is C19H23FN2. The molecule has 2 aliphatic rings. The first-order valence-electron chi connectivity index (χ1n) is 7.91. The molecule has 3 rings (SSSR count). The van der Waals surface area contributed by atoms with Gasteiger partial charge < -0.3 is 0 Å². The minimum absolute atomic E-state index is 0.0781. The van der Waals surface area contributed by atoms with Crippen LogP contribution in [-0.4, -0.2) is 16.9 Å². The second kappa shape index (κ2) is 5.71. The van der Waals surface area contributed by atoms with Crippen LogP contribution in [0, 0.1) is 12.8 Å². The summed E-state index contributed by atoms with van der Waals surface area (Å²) in [5.74, 6) is 0.567. The van der Waals surface area contributed by atoms with Gasteiger partial charge in [-0.05, 0) is 49.3 Å². The Labute approximate surface area is 132 Å². The summed E-state index contributed by atoms with van der Waals surface area (Å²) >= 11 is 0. The summed E-state index contributed by atoms with van der Waals surface area (Å²) in [6.45, 7) is 12.1. The summed E-state index contributed by atoms with van der Waals surface area (Å²) in [6, 6.07) is 8.03. The van der Waals surface area contributed by atoms with Crippen LogP contribution in [0.25, 0.3) is 0 Å². The molecule has 2 nitrogen and oxygen atoms in total. The maximum atomic E-state index is 14.2. The van der Waals surface area contributed by atoms with Crippen molar-refractivity contribution in [3.8, 4) is 0 Å². The van der Waals surface area contributed by atoms with E-state index < -0.39 is 6.17 Å². The molecule has 1 saturated carbocycles. The highest BCUT2D eigenvalue weighted by atomic mass is 19.1. The fourth-order valence-corrected chi connectivity index (χ4v) is 3.08. The zero-order chi connectivity index (χ0) is 15.9. The van der Waals surface area contributed by atoms with Crippen LogP contribution < -0.4 is 0 Å². The summed E-state index contributed by atoms with van der Waals surface area (Å²) in [4.78, 5) is 0. The van der Waals surface area contributed by atoms with Crippen LogP contribution in [0.2, 0.25) is 0 Å². The van der Waals surface area contributed by atoms with Gasteiger partial charge >= 0.3 is 0 Å². The van der Waals surface area contributed by atoms with E-state index in [9.17, 15) is 4.39 Å². The van der Waals surface area contributed by atoms with Crippen molar-refractivity contribution in [2.45, 2.75) is 45.3 Å². The van der Waals surface area contributed by atoms with Crippen molar-refractivity contribution in [3.05, 3.63) is 59.8 Å². The number of allylic oxidation sites excluding steroid dienone is 2. The average molecular weight is 298 g/mol. The van der Waals surface area contributed by atoms with Crippen LogP contribution in [0.15, 0.2) is 53.8 Å². The Bertz CT molecular complexity index is 643. The van der Waals surface area contributed by atoms with E-state index >= 15 is 0 Å². The fraction of sp³-hybridized carbons (Fsp3) is 0.421. The average Bonchev–Trinajstić information content (AvgIpc) is 3.30. The molecule has 1 heterocycles. The standard InChI is InChI=1S/C19H23FN2/c1-12-7-5-6-8-17(12)19-11-18(20)15(4)22(19)21-14(3)13(2)16-9-10-16/h5-8,16,18-19H,2,4,9-11H2,1,3H3/b21-14+. The van der Waals surface area contributed by atoms with E-state index in [1.165, 1.54) is 12.8 Å². The number of halogens is 1. The van der Waals surface area contributed by atoms with Crippen molar-refractivity contribution in [2.24, 2.45) is 11.0 Å². The van der Waals surface area contributed by atoms with E-state index in [0.717, 1.165) is 22.4 Å². The summed E-state index contributed by atoms with van der Waals surface area (Å²) in [7, 11) is 0. The molecule has 1 aliphatic carbocycles. The molecule has 0 spiro atoms. The first-order valence-corrected chi connectivity index (χ1v) is 7.91. The Morgan fingerprint density at radius 2 is 2.00 bits per heavy atom. The Kier molecular flexibility index (Phi) is 3.90. The Morgan fingerprint density at radius 3 is 2.64 bits per heavy atom. The molecular weight excluding hydrogens is 275 g/mol. The number of aryl methyl sites for hydroxylation is 1. The quantitative estimate of drug-likeness (QED) is 0.719. The molecule has 1 aliphatic heterocycles. The predicted molar refractivity (Wildman–Crippen MR) is 89.4 cm³/mol. The number of hydrazone groups is 1. The number of nitrogens with zero attached hydrogens (tertiary/aromatic N) is 2. The minimum Gasteiger partial charge on any atom is -0.259 e. The van der Waals surface area contributed by atoms with Crippen LogP contribution in [0.1, 0.15) is 43.4 Å². The van der Waals surface area contributed by atoms with E-state index in [-0.39, 0.29) is 6.04 Å². The molecule has 0 aromatic heterocycles. The maximum absolute atomic E-state index is 14.2. The second-order valence-electron chi connectivity index (χ2n) is 6.40. The third-order valence-corrected chi connectivity index (χ3v) is 4.72. The molecule has 0 N–H and O–H groups in total. The van der Waals surface area contributed by atoms with Crippen molar-refractivity contribution in [2.75, 3.05) is 0 Å². The first kappa shape index (κ1) is 15.0. The lowest BCUT2D eigenvalue weighted by atomic mass is 10.00. The predicted octanol–water partition coefficient (Wildman–Crippen LogP) is 4.94. The Morgan fingerprint density at radius 1 is 1.32 bits per heavy atom. The Hall–Kier alpha value is -1.90. The minimum atomic E-state index is -1.03. The summed E-state index contributed by atoms with van der Waals surface area (Å²) in [5, 5.41) is 6.45. The van der Waals surface area contributed by atoms with Gasteiger partial charge in [0, 0.05) is 6.42 Å². The number of rotatable bonds is 4. The van der Waals surface area contributed by atoms with Crippen LogP contribution >= 0.6 is 0 Å². The lowest BCUT2D eigenvalue weighted by Gasteiger charge is -2.24. The molecule has 0 amide bonds. The van der Waals surface area contributed by atoms with E-state index in [1.54, 1.807) is 5.01 Å². The van der Waals surface area contributed by atoms with E-state index in [2.05, 4.69) is 37.3 Å². The highest BCUT2D eigenvalue weighted by Crippen LogP contribution is 2.42. The molecule has 0 bridgehead atoms. The topological polar surface area (TPSA) is 15.6 Å². The van der Waals surface area contributed by atoms with Crippen molar-refractivity contribution >= 4 is 5.71 Å². The zero-order valence-electron chi connectivity index (χ0n) is 13.3. The highest BCUT2D eigenvalue weighted by Gasteiger charge is 2.37. The molecule has 2 unspecified atom stereocenters. The number of benzene rings is 1. The van der Waals surface area contributed by atoms with Crippen molar-refractivity contribution in [1.29, 1.82) is 0 Å². The van der Waals surface area contributed by atoms with Gasteiger partial charge in [0.05, 0.1) is 17.5 Å². The summed E-state index contributed by atoms with van der Waals surface area (Å²) in [6.07, 6.45) is 1.77.